The summed E-state index contributed by atoms with van der Waals surface area (Å²) in [6.45, 7) is 3.84. The van der Waals surface area contributed by atoms with Crippen LogP contribution in [0.2, 0.25) is 5.02 Å². The zero-order valence-corrected chi connectivity index (χ0v) is 18.1. The van der Waals surface area contributed by atoms with Gasteiger partial charge in [-0.15, -0.1) is 5.10 Å². The van der Waals surface area contributed by atoms with Gasteiger partial charge in [0, 0.05) is 37.9 Å². The van der Waals surface area contributed by atoms with Crippen molar-refractivity contribution in [1.82, 2.24) is 24.7 Å². The van der Waals surface area contributed by atoms with Gasteiger partial charge in [0.25, 0.3) is 0 Å². The molecular weight excluding hydrogens is 421 g/mol. The van der Waals surface area contributed by atoms with E-state index in [0.29, 0.717) is 17.8 Å². The maximum absolute atomic E-state index is 13.7. The van der Waals surface area contributed by atoms with E-state index in [1.807, 2.05) is 13.0 Å². The Bertz CT molecular complexity index is 1090. The Morgan fingerprint density at radius 3 is 2.71 bits per heavy atom. The van der Waals surface area contributed by atoms with Gasteiger partial charge in [0.2, 0.25) is 5.95 Å². The van der Waals surface area contributed by atoms with Crippen molar-refractivity contribution in [2.45, 2.75) is 25.8 Å². The zero-order valence-electron chi connectivity index (χ0n) is 17.3. The summed E-state index contributed by atoms with van der Waals surface area (Å²) in [6, 6.07) is 6.98. The highest BCUT2D eigenvalue weighted by Gasteiger charge is 2.43. The van der Waals surface area contributed by atoms with Gasteiger partial charge in [-0.1, -0.05) is 17.7 Å². The first-order valence-corrected chi connectivity index (χ1v) is 10.7. The third kappa shape index (κ3) is 3.89. The number of ether oxygens (including phenoxy) is 1. The number of hydrogen-bond donors (Lipinski definition) is 1. The summed E-state index contributed by atoms with van der Waals surface area (Å²) >= 11 is 5.99. The number of anilines is 2. The van der Waals surface area contributed by atoms with Gasteiger partial charge >= 0.3 is 6.01 Å². The van der Waals surface area contributed by atoms with Crippen molar-refractivity contribution in [3.63, 3.8) is 0 Å². The first kappa shape index (κ1) is 20.0. The number of nitrogens with zero attached hydrogens (tertiary/aromatic N) is 6. The molecule has 2 fully saturated rings. The number of halogens is 2. The van der Waals surface area contributed by atoms with E-state index in [1.165, 1.54) is 16.8 Å². The number of piperidine rings is 1. The molecule has 0 spiro atoms. The van der Waals surface area contributed by atoms with Crippen LogP contribution in [0.3, 0.4) is 0 Å². The quantitative estimate of drug-likeness (QED) is 0.641. The van der Waals surface area contributed by atoms with Crippen LogP contribution in [-0.2, 0) is 7.05 Å². The standard InChI is InChI=1S/C21H23ClFN7O/c1-12-8-17(25-11-24-12)30-9-13-6-7-14(10-30)19(13)26-20-27-21(29(2)28-20)31-16-5-3-4-15(23)18(16)22/h3-5,8,11,13-14,19H,6-7,9-10H2,1-2H3,(H,26,28)/t13-,14+,19?. The summed E-state index contributed by atoms with van der Waals surface area (Å²) in [4.78, 5) is 15.5. The molecular formula is C21H23ClFN7O. The lowest BCUT2D eigenvalue weighted by Gasteiger charge is -2.38. The SMILES string of the molecule is Cc1cc(N2C[C@H]3CC[C@@H](C2)C3Nc2nc(Oc3cccc(F)c3Cl)n(C)n2)ncn1. The van der Waals surface area contributed by atoms with Crippen LogP contribution < -0.4 is 15.0 Å². The third-order valence-electron chi connectivity index (χ3n) is 6.08. The maximum Gasteiger partial charge on any atom is 0.321 e. The van der Waals surface area contributed by atoms with E-state index in [1.54, 1.807) is 19.4 Å². The number of aromatic nitrogens is 5. The highest BCUT2D eigenvalue weighted by Crippen LogP contribution is 2.40. The molecule has 2 aromatic heterocycles. The molecule has 162 valence electrons. The molecule has 1 aromatic carbocycles. The molecule has 1 saturated carbocycles. The highest BCUT2D eigenvalue weighted by atomic mass is 35.5. The molecule has 0 radical (unpaired) electrons. The van der Waals surface area contributed by atoms with Crippen LogP contribution in [-0.4, -0.2) is 43.9 Å². The first-order chi connectivity index (χ1) is 15.0. The van der Waals surface area contributed by atoms with Gasteiger partial charge in [0.15, 0.2) is 5.75 Å². The van der Waals surface area contributed by atoms with E-state index in [9.17, 15) is 4.39 Å². The lowest BCUT2D eigenvalue weighted by Crippen LogP contribution is -2.48. The molecule has 1 saturated heterocycles. The van der Waals surface area contributed by atoms with Crippen LogP contribution in [0.1, 0.15) is 18.5 Å². The summed E-state index contributed by atoms with van der Waals surface area (Å²) in [5, 5.41) is 7.87. The fraction of sp³-hybridized carbons (Fsp3) is 0.429. The van der Waals surface area contributed by atoms with Crippen LogP contribution in [0.5, 0.6) is 11.8 Å². The average molecular weight is 444 g/mol. The minimum atomic E-state index is -0.540. The van der Waals surface area contributed by atoms with E-state index in [4.69, 9.17) is 16.3 Å². The number of aryl methyl sites for hydroxylation is 2. The summed E-state index contributed by atoms with van der Waals surface area (Å²) in [5.74, 6) is 2.10. The molecule has 1 aliphatic carbocycles. The van der Waals surface area contributed by atoms with Crippen molar-refractivity contribution in [3.8, 4) is 11.8 Å². The summed E-state index contributed by atoms with van der Waals surface area (Å²) in [7, 11) is 1.73. The van der Waals surface area contributed by atoms with Crippen LogP contribution >= 0.6 is 11.6 Å². The first-order valence-electron chi connectivity index (χ1n) is 10.3. The largest absolute Gasteiger partial charge is 0.423 e. The number of fused-ring (bicyclic) bond motifs is 2. The van der Waals surface area contributed by atoms with E-state index in [0.717, 1.165) is 37.4 Å². The molecule has 2 aliphatic rings. The zero-order chi connectivity index (χ0) is 21.5. The Kier molecular flexibility index (Phi) is 5.13. The second-order valence-corrected chi connectivity index (χ2v) is 8.56. The van der Waals surface area contributed by atoms with Crippen LogP contribution in [0.15, 0.2) is 30.6 Å². The van der Waals surface area contributed by atoms with Crippen LogP contribution in [0, 0.1) is 24.6 Å². The Morgan fingerprint density at radius 2 is 1.97 bits per heavy atom. The van der Waals surface area contributed by atoms with E-state index in [-0.39, 0.29) is 22.8 Å². The van der Waals surface area contributed by atoms with Gasteiger partial charge in [-0.25, -0.2) is 19.0 Å². The third-order valence-corrected chi connectivity index (χ3v) is 6.45. The second-order valence-electron chi connectivity index (χ2n) is 8.19. The van der Waals surface area contributed by atoms with Gasteiger partial charge < -0.3 is 15.0 Å². The molecule has 1 aliphatic heterocycles. The molecule has 31 heavy (non-hydrogen) atoms. The number of rotatable bonds is 5. The maximum atomic E-state index is 13.7. The number of benzene rings is 1. The van der Waals surface area contributed by atoms with Crippen molar-refractivity contribution in [3.05, 3.63) is 47.1 Å². The topological polar surface area (TPSA) is 81.0 Å². The highest BCUT2D eigenvalue weighted by molar-refractivity contribution is 6.32. The fourth-order valence-corrected chi connectivity index (χ4v) is 4.75. The molecule has 0 amide bonds. The Labute approximate surface area is 184 Å². The van der Waals surface area contributed by atoms with Crippen LogP contribution in [0.4, 0.5) is 16.2 Å². The predicted octanol–water partition coefficient (Wildman–Crippen LogP) is 3.83. The Morgan fingerprint density at radius 1 is 1.19 bits per heavy atom. The monoisotopic (exact) mass is 443 g/mol. The van der Waals surface area contributed by atoms with E-state index < -0.39 is 5.82 Å². The molecule has 3 atom stereocenters. The van der Waals surface area contributed by atoms with Crippen LogP contribution in [0.25, 0.3) is 0 Å². The normalized spacial score (nSPS) is 22.6. The molecule has 8 nitrogen and oxygen atoms in total. The fourth-order valence-electron chi connectivity index (χ4n) is 4.59. The minimum Gasteiger partial charge on any atom is -0.423 e. The van der Waals surface area contributed by atoms with Gasteiger partial charge in [-0.3, -0.25) is 0 Å². The predicted molar refractivity (Wildman–Crippen MR) is 115 cm³/mol. The lowest BCUT2D eigenvalue weighted by molar-refractivity contribution is 0.374. The average Bonchev–Trinajstić information content (AvgIpc) is 3.19. The van der Waals surface area contributed by atoms with Crippen molar-refractivity contribution in [2.75, 3.05) is 23.3 Å². The van der Waals surface area contributed by atoms with Gasteiger partial charge in [0.1, 0.15) is 23.0 Å². The second kappa shape index (κ2) is 7.96. The molecule has 3 aromatic rings. The molecule has 3 heterocycles. The molecule has 2 bridgehead atoms. The van der Waals surface area contributed by atoms with Crippen molar-refractivity contribution < 1.29 is 9.13 Å². The summed E-state index contributed by atoms with van der Waals surface area (Å²) < 4.78 is 20.9. The number of hydrogen-bond acceptors (Lipinski definition) is 7. The molecule has 1 unspecified atom stereocenters. The van der Waals surface area contributed by atoms with E-state index >= 15 is 0 Å². The van der Waals surface area contributed by atoms with Crippen molar-refractivity contribution in [1.29, 1.82) is 0 Å². The van der Waals surface area contributed by atoms with Gasteiger partial charge in [0.05, 0.1) is 0 Å². The smallest absolute Gasteiger partial charge is 0.321 e. The Balaban J connectivity index is 1.29. The van der Waals surface area contributed by atoms with Crippen molar-refractivity contribution >= 4 is 23.4 Å². The lowest BCUT2D eigenvalue weighted by atomic mass is 9.92. The number of nitrogens with one attached hydrogen (secondary N) is 1. The summed E-state index contributed by atoms with van der Waals surface area (Å²) in [6.07, 6.45) is 3.93. The molecule has 10 heteroatoms. The van der Waals surface area contributed by atoms with Crippen molar-refractivity contribution in [2.24, 2.45) is 18.9 Å². The van der Waals surface area contributed by atoms with Gasteiger partial charge in [-0.05, 0) is 43.7 Å². The minimum absolute atomic E-state index is 0.0783. The van der Waals surface area contributed by atoms with Gasteiger partial charge in [-0.2, -0.15) is 4.98 Å². The Hall–Kier alpha value is -2.94. The molecule has 5 rings (SSSR count). The van der Waals surface area contributed by atoms with E-state index in [2.05, 4.69) is 30.3 Å². The summed E-state index contributed by atoms with van der Waals surface area (Å²) in [5.41, 5.74) is 0.973. The molecule has 1 N–H and O–H groups in total.